The van der Waals surface area contributed by atoms with Gasteiger partial charge in [-0.2, -0.15) is 0 Å². The topological polar surface area (TPSA) is 41.8 Å². The molecule has 0 radical (unpaired) electrons. The number of nitrogens with zero attached hydrogens (tertiary/aromatic N) is 1. The van der Waals surface area contributed by atoms with Crippen LogP contribution in [0.3, 0.4) is 0 Å². The molecule has 2 rings (SSSR count). The second-order valence-electron chi connectivity index (χ2n) is 4.07. The van der Waals surface area contributed by atoms with Gasteiger partial charge in [0.2, 0.25) is 0 Å². The van der Waals surface area contributed by atoms with Crippen molar-refractivity contribution in [2.75, 3.05) is 0 Å². The van der Waals surface area contributed by atoms with Crippen LogP contribution in [-0.4, -0.2) is 10.4 Å². The Morgan fingerprint density at radius 1 is 1.00 bits per heavy atom. The quantitative estimate of drug-likeness (QED) is 0.512. The van der Waals surface area contributed by atoms with Gasteiger partial charge in [-0.15, -0.1) is 0 Å². The van der Waals surface area contributed by atoms with Crippen molar-refractivity contribution >= 4 is 16.8 Å². The average Bonchev–Trinajstić information content (AvgIpc) is 2.47. The average molecular weight is 276 g/mol. The number of halogens is 1. The molecule has 0 aliphatic rings. The number of hydrogen-bond donors (Lipinski definition) is 1. The molecule has 19 heavy (non-hydrogen) atoms. The predicted octanol–water partition coefficient (Wildman–Crippen LogP) is 3.83. The van der Waals surface area contributed by atoms with Crippen LogP contribution >= 0.6 is 11.6 Å². The van der Waals surface area contributed by atoms with Crippen molar-refractivity contribution in [3.63, 3.8) is 0 Å². The number of benzene rings is 2. The van der Waals surface area contributed by atoms with Gasteiger partial charge in [-0.3, -0.25) is 0 Å². The fraction of sp³-hybridized carbons (Fsp3) is 0.133. The minimum Gasteiger partial charge on any atom is -0.489 e. The number of oxime groups is 1. The first kappa shape index (κ1) is 13.4. The lowest BCUT2D eigenvalue weighted by molar-refractivity contribution is 0.306. The molecule has 2 aromatic rings. The highest BCUT2D eigenvalue weighted by Gasteiger charge is 2.00. The second-order valence-corrected chi connectivity index (χ2v) is 4.51. The van der Waals surface area contributed by atoms with Crippen LogP contribution in [0.2, 0.25) is 0 Å². The van der Waals surface area contributed by atoms with Crippen LogP contribution in [0.1, 0.15) is 11.1 Å². The first-order valence-electron chi connectivity index (χ1n) is 5.90. The fourth-order valence-corrected chi connectivity index (χ4v) is 1.79. The third-order valence-electron chi connectivity index (χ3n) is 2.63. The Balaban J connectivity index is 1.92. The van der Waals surface area contributed by atoms with Crippen LogP contribution in [0.5, 0.6) is 5.75 Å². The molecule has 2 aromatic carbocycles. The van der Waals surface area contributed by atoms with Crippen molar-refractivity contribution in [2.45, 2.75) is 13.0 Å². The Morgan fingerprint density at radius 2 is 1.63 bits per heavy atom. The van der Waals surface area contributed by atoms with Crippen molar-refractivity contribution < 1.29 is 9.94 Å². The van der Waals surface area contributed by atoms with E-state index in [0.717, 1.165) is 16.9 Å². The molecule has 0 spiro atoms. The Kier molecular flexibility index (Phi) is 4.81. The summed E-state index contributed by atoms with van der Waals surface area (Å²) >= 11 is 5.66. The molecule has 4 heteroatoms. The van der Waals surface area contributed by atoms with Gasteiger partial charge in [-0.05, 0) is 23.3 Å². The van der Waals surface area contributed by atoms with E-state index >= 15 is 0 Å². The molecule has 0 fully saturated rings. The zero-order valence-electron chi connectivity index (χ0n) is 10.3. The molecule has 0 saturated heterocycles. The zero-order chi connectivity index (χ0) is 13.5. The highest BCUT2D eigenvalue weighted by atomic mass is 35.5. The zero-order valence-corrected chi connectivity index (χ0v) is 11.0. The number of rotatable bonds is 5. The van der Waals surface area contributed by atoms with Crippen LogP contribution in [0.25, 0.3) is 0 Å². The summed E-state index contributed by atoms with van der Waals surface area (Å²) in [6.07, 6.45) is 0.428. The number of para-hydroxylation sites is 1. The van der Waals surface area contributed by atoms with E-state index in [0.29, 0.717) is 13.0 Å². The maximum Gasteiger partial charge on any atom is 0.149 e. The van der Waals surface area contributed by atoms with Gasteiger partial charge in [-0.1, -0.05) is 59.2 Å². The molecule has 0 aliphatic heterocycles. The lowest BCUT2D eigenvalue weighted by atomic mass is 10.1. The van der Waals surface area contributed by atoms with E-state index in [2.05, 4.69) is 5.16 Å². The lowest BCUT2D eigenvalue weighted by Crippen LogP contribution is -1.97. The Labute approximate surface area is 117 Å². The summed E-state index contributed by atoms with van der Waals surface area (Å²) in [5, 5.41) is 11.6. The molecule has 0 heterocycles. The van der Waals surface area contributed by atoms with E-state index in [-0.39, 0.29) is 5.17 Å². The first-order valence-corrected chi connectivity index (χ1v) is 6.28. The van der Waals surface area contributed by atoms with Crippen LogP contribution in [0.4, 0.5) is 0 Å². The van der Waals surface area contributed by atoms with Crippen LogP contribution in [0.15, 0.2) is 59.8 Å². The molecule has 0 unspecified atom stereocenters. The van der Waals surface area contributed by atoms with Gasteiger partial charge >= 0.3 is 0 Å². The van der Waals surface area contributed by atoms with Gasteiger partial charge in [0.05, 0.1) is 0 Å². The monoisotopic (exact) mass is 275 g/mol. The van der Waals surface area contributed by atoms with Crippen molar-refractivity contribution in [3.8, 4) is 5.75 Å². The second kappa shape index (κ2) is 6.81. The van der Waals surface area contributed by atoms with Gasteiger partial charge in [-0.25, -0.2) is 0 Å². The summed E-state index contributed by atoms with van der Waals surface area (Å²) in [7, 11) is 0. The smallest absolute Gasteiger partial charge is 0.149 e. The van der Waals surface area contributed by atoms with E-state index in [1.54, 1.807) is 0 Å². The van der Waals surface area contributed by atoms with Crippen LogP contribution in [-0.2, 0) is 13.0 Å². The molecule has 0 amide bonds. The van der Waals surface area contributed by atoms with Crippen LogP contribution < -0.4 is 4.74 Å². The van der Waals surface area contributed by atoms with Gasteiger partial charge in [0.15, 0.2) is 0 Å². The normalized spacial score (nSPS) is 11.3. The maximum atomic E-state index is 8.50. The van der Waals surface area contributed by atoms with E-state index in [1.807, 2.05) is 54.6 Å². The predicted molar refractivity (Wildman–Crippen MR) is 76.0 cm³/mol. The fourth-order valence-electron chi connectivity index (χ4n) is 1.64. The highest BCUT2D eigenvalue weighted by Crippen LogP contribution is 2.13. The molecule has 3 nitrogen and oxygen atoms in total. The molecular formula is C15H14ClNO2. The van der Waals surface area contributed by atoms with E-state index in [9.17, 15) is 0 Å². The first-order chi connectivity index (χ1) is 9.28. The summed E-state index contributed by atoms with van der Waals surface area (Å²) in [5.41, 5.74) is 2.07. The molecule has 0 aliphatic carbocycles. The lowest BCUT2D eigenvalue weighted by Gasteiger charge is -2.06. The minimum atomic E-state index is 0.174. The molecule has 0 saturated carbocycles. The molecule has 1 N–H and O–H groups in total. The molecule has 0 bridgehead atoms. The number of ether oxygens (including phenoxy) is 1. The summed E-state index contributed by atoms with van der Waals surface area (Å²) in [6, 6.07) is 17.5. The largest absolute Gasteiger partial charge is 0.489 e. The Morgan fingerprint density at radius 3 is 2.26 bits per heavy atom. The van der Waals surface area contributed by atoms with E-state index < -0.39 is 0 Å². The van der Waals surface area contributed by atoms with Crippen molar-refractivity contribution in [3.05, 3.63) is 65.7 Å². The Hall–Kier alpha value is -2.00. The Bertz CT molecular complexity index is 538. The van der Waals surface area contributed by atoms with E-state index in [1.165, 1.54) is 0 Å². The molecule has 98 valence electrons. The summed E-state index contributed by atoms with van der Waals surface area (Å²) in [4.78, 5) is 0. The van der Waals surface area contributed by atoms with Gasteiger partial charge < -0.3 is 9.94 Å². The third-order valence-corrected chi connectivity index (χ3v) is 2.84. The van der Waals surface area contributed by atoms with Crippen molar-refractivity contribution in [2.24, 2.45) is 5.16 Å². The minimum absolute atomic E-state index is 0.174. The van der Waals surface area contributed by atoms with E-state index in [4.69, 9.17) is 21.5 Å². The molecule has 0 atom stereocenters. The van der Waals surface area contributed by atoms with Gasteiger partial charge in [0, 0.05) is 6.42 Å². The van der Waals surface area contributed by atoms with Crippen molar-refractivity contribution in [1.82, 2.24) is 0 Å². The van der Waals surface area contributed by atoms with Gasteiger partial charge in [0.1, 0.15) is 17.5 Å². The standard InChI is InChI=1S/C15H14ClNO2/c16-15(17-18)10-12-6-8-13(9-7-12)11-19-14-4-2-1-3-5-14/h1-9,18H,10-11H2/b17-15+. The summed E-state index contributed by atoms with van der Waals surface area (Å²) < 4.78 is 5.64. The third kappa shape index (κ3) is 4.30. The number of hydrogen-bond acceptors (Lipinski definition) is 3. The summed E-state index contributed by atoms with van der Waals surface area (Å²) in [5.74, 6) is 0.849. The molecular weight excluding hydrogens is 262 g/mol. The van der Waals surface area contributed by atoms with Crippen molar-refractivity contribution in [1.29, 1.82) is 0 Å². The highest BCUT2D eigenvalue weighted by molar-refractivity contribution is 6.65. The SMILES string of the molecule is O/N=C(/Cl)Cc1ccc(COc2ccccc2)cc1. The van der Waals surface area contributed by atoms with Crippen LogP contribution in [0, 0.1) is 0 Å². The van der Waals surface area contributed by atoms with Gasteiger partial charge in [0.25, 0.3) is 0 Å². The summed E-state index contributed by atoms with van der Waals surface area (Å²) in [6.45, 7) is 0.520. The molecule has 0 aromatic heterocycles. The maximum absolute atomic E-state index is 8.50.